The van der Waals surface area contributed by atoms with Crippen molar-refractivity contribution in [2.75, 3.05) is 24.6 Å². The van der Waals surface area contributed by atoms with Crippen LogP contribution in [-0.4, -0.2) is 37.2 Å². The van der Waals surface area contributed by atoms with E-state index in [9.17, 15) is 9.59 Å². The molecular weight excluding hydrogens is 376 g/mol. The molecule has 1 aliphatic heterocycles. The molecule has 0 spiro atoms. The third-order valence-corrected chi connectivity index (χ3v) is 6.24. The van der Waals surface area contributed by atoms with E-state index in [1.807, 2.05) is 6.92 Å². The molecule has 0 radical (unpaired) electrons. The van der Waals surface area contributed by atoms with Crippen molar-refractivity contribution >= 4 is 23.2 Å². The van der Waals surface area contributed by atoms with Crippen LogP contribution in [-0.2, 0) is 14.3 Å². The minimum Gasteiger partial charge on any atom is -0.463 e. The SMILES string of the molecule is CCOC(=O)C1=C(C)N=C2CC(C)(C)CC(=O)C2[C@H]1c1ccc(N(CC)CC)cc1. The van der Waals surface area contributed by atoms with E-state index in [1.165, 1.54) is 0 Å². The fourth-order valence-electron chi connectivity index (χ4n) is 4.91. The molecule has 2 atom stereocenters. The van der Waals surface area contributed by atoms with Crippen LogP contribution >= 0.6 is 0 Å². The molecule has 0 N–H and O–H groups in total. The maximum Gasteiger partial charge on any atom is 0.336 e. The van der Waals surface area contributed by atoms with Gasteiger partial charge in [-0.05, 0) is 57.2 Å². The minimum absolute atomic E-state index is 0.106. The van der Waals surface area contributed by atoms with Gasteiger partial charge in [0.1, 0.15) is 5.78 Å². The van der Waals surface area contributed by atoms with E-state index in [0.29, 0.717) is 24.3 Å². The zero-order valence-corrected chi connectivity index (χ0v) is 19.1. The Balaban J connectivity index is 2.09. The second-order valence-corrected chi connectivity index (χ2v) is 9.03. The van der Waals surface area contributed by atoms with Gasteiger partial charge in [-0.2, -0.15) is 0 Å². The van der Waals surface area contributed by atoms with Crippen LogP contribution in [0.25, 0.3) is 0 Å². The van der Waals surface area contributed by atoms with E-state index in [1.54, 1.807) is 6.92 Å². The van der Waals surface area contributed by atoms with Gasteiger partial charge < -0.3 is 9.64 Å². The summed E-state index contributed by atoms with van der Waals surface area (Å²) in [6, 6.07) is 8.29. The predicted octanol–water partition coefficient (Wildman–Crippen LogP) is 4.91. The number of fused-ring (bicyclic) bond motifs is 1. The molecule has 162 valence electrons. The lowest BCUT2D eigenvalue weighted by Crippen LogP contribution is -2.44. The van der Waals surface area contributed by atoms with E-state index in [0.717, 1.165) is 36.5 Å². The first kappa shape index (κ1) is 22.3. The van der Waals surface area contributed by atoms with Gasteiger partial charge in [-0.3, -0.25) is 9.79 Å². The fourth-order valence-corrected chi connectivity index (χ4v) is 4.91. The Labute approximate surface area is 180 Å². The summed E-state index contributed by atoms with van der Waals surface area (Å²) in [6.45, 7) is 14.3. The average molecular weight is 411 g/mol. The Morgan fingerprint density at radius 3 is 2.30 bits per heavy atom. The second kappa shape index (κ2) is 8.75. The van der Waals surface area contributed by atoms with E-state index >= 15 is 0 Å². The molecule has 1 heterocycles. The number of nitrogens with zero attached hydrogens (tertiary/aromatic N) is 2. The smallest absolute Gasteiger partial charge is 0.336 e. The molecule has 1 fully saturated rings. The first-order chi connectivity index (χ1) is 14.2. The number of ketones is 1. The van der Waals surface area contributed by atoms with Crippen molar-refractivity contribution in [1.82, 2.24) is 0 Å². The molecule has 1 aromatic rings. The summed E-state index contributed by atoms with van der Waals surface area (Å²) < 4.78 is 5.37. The normalized spacial score (nSPS) is 23.0. The third-order valence-electron chi connectivity index (χ3n) is 6.24. The van der Waals surface area contributed by atoms with Crippen molar-refractivity contribution < 1.29 is 14.3 Å². The number of carbonyl (C=O) groups is 2. The molecular formula is C25H34N2O3. The Hall–Kier alpha value is -2.43. The lowest BCUT2D eigenvalue weighted by atomic mass is 9.63. The van der Waals surface area contributed by atoms with Crippen LogP contribution in [0.15, 0.2) is 40.5 Å². The highest BCUT2D eigenvalue weighted by molar-refractivity contribution is 6.12. The summed E-state index contributed by atoms with van der Waals surface area (Å²) in [5.41, 5.74) is 4.10. The van der Waals surface area contributed by atoms with Crippen molar-refractivity contribution in [2.24, 2.45) is 16.3 Å². The minimum atomic E-state index is -0.388. The monoisotopic (exact) mass is 410 g/mol. The topological polar surface area (TPSA) is 59.0 Å². The lowest BCUT2D eigenvalue weighted by molar-refractivity contribution is -0.139. The lowest BCUT2D eigenvalue weighted by Gasteiger charge is -2.41. The standard InChI is InChI=1S/C25H34N2O3/c1-7-27(8-2)18-12-10-17(11-13-18)22-21(24(29)30-9-3)16(4)26-19-14-25(5,6)15-20(28)23(19)22/h10-13,22-23H,7-9,14-15H2,1-6H3/t22-,23?/m0/s1. The number of aliphatic imine (C=N–C) groups is 1. The third kappa shape index (κ3) is 4.21. The maximum absolute atomic E-state index is 13.3. The number of carbonyl (C=O) groups excluding carboxylic acids is 2. The Bertz CT molecular complexity index is 876. The number of rotatable bonds is 6. The van der Waals surface area contributed by atoms with Crippen LogP contribution in [0.1, 0.15) is 65.9 Å². The van der Waals surface area contributed by atoms with Gasteiger partial charge in [0.15, 0.2) is 0 Å². The summed E-state index contributed by atoms with van der Waals surface area (Å²) in [4.78, 5) is 33.2. The van der Waals surface area contributed by atoms with Crippen molar-refractivity contribution in [3.05, 3.63) is 41.1 Å². The van der Waals surface area contributed by atoms with Gasteiger partial charge in [-0.15, -0.1) is 0 Å². The number of allylic oxidation sites excluding steroid dienone is 1. The molecule has 0 saturated heterocycles. The second-order valence-electron chi connectivity index (χ2n) is 9.03. The van der Waals surface area contributed by atoms with Crippen molar-refractivity contribution in [1.29, 1.82) is 0 Å². The first-order valence-corrected chi connectivity index (χ1v) is 11.0. The molecule has 0 amide bonds. The zero-order chi connectivity index (χ0) is 22.1. The number of hydrogen-bond acceptors (Lipinski definition) is 5. The molecule has 1 saturated carbocycles. The zero-order valence-electron chi connectivity index (χ0n) is 19.1. The van der Waals surface area contributed by atoms with Gasteiger partial charge in [0.25, 0.3) is 0 Å². The maximum atomic E-state index is 13.3. The molecule has 1 unspecified atom stereocenters. The summed E-state index contributed by atoms with van der Waals surface area (Å²) in [5.74, 6) is -0.934. The summed E-state index contributed by atoms with van der Waals surface area (Å²) >= 11 is 0. The highest BCUT2D eigenvalue weighted by atomic mass is 16.5. The largest absolute Gasteiger partial charge is 0.463 e. The first-order valence-electron chi connectivity index (χ1n) is 11.0. The van der Waals surface area contributed by atoms with E-state index in [-0.39, 0.29) is 29.0 Å². The van der Waals surface area contributed by atoms with Crippen LogP contribution in [0.2, 0.25) is 0 Å². The number of benzene rings is 1. The van der Waals surface area contributed by atoms with Crippen LogP contribution < -0.4 is 4.90 Å². The van der Waals surface area contributed by atoms with Crippen LogP contribution in [0.3, 0.4) is 0 Å². The fraction of sp³-hybridized carbons (Fsp3) is 0.560. The number of hydrogen-bond donors (Lipinski definition) is 0. The molecule has 3 rings (SSSR count). The number of anilines is 1. The van der Waals surface area contributed by atoms with Crippen LogP contribution in [0.5, 0.6) is 0 Å². The summed E-state index contributed by atoms with van der Waals surface area (Å²) in [7, 11) is 0. The molecule has 0 aromatic heterocycles. The average Bonchev–Trinajstić information content (AvgIpc) is 2.67. The van der Waals surface area contributed by atoms with Gasteiger partial charge in [0.2, 0.25) is 0 Å². The van der Waals surface area contributed by atoms with Gasteiger partial charge in [-0.1, -0.05) is 26.0 Å². The Kier molecular flexibility index (Phi) is 6.49. The van der Waals surface area contributed by atoms with Crippen LogP contribution in [0.4, 0.5) is 5.69 Å². The molecule has 30 heavy (non-hydrogen) atoms. The molecule has 2 aliphatic rings. The van der Waals surface area contributed by atoms with E-state index < -0.39 is 0 Å². The highest BCUT2D eigenvalue weighted by Crippen LogP contribution is 2.47. The van der Waals surface area contributed by atoms with E-state index in [4.69, 9.17) is 9.73 Å². The van der Waals surface area contributed by atoms with Crippen molar-refractivity contribution in [2.45, 2.75) is 60.3 Å². The molecule has 1 aliphatic carbocycles. The number of ether oxygens (including phenoxy) is 1. The summed E-state index contributed by atoms with van der Waals surface area (Å²) in [5, 5.41) is 0. The van der Waals surface area contributed by atoms with Gasteiger partial charge in [-0.25, -0.2) is 4.79 Å². The van der Waals surface area contributed by atoms with Gasteiger partial charge in [0, 0.05) is 42.5 Å². The van der Waals surface area contributed by atoms with Crippen molar-refractivity contribution in [3.8, 4) is 0 Å². The quantitative estimate of drug-likeness (QED) is 0.625. The molecule has 5 heteroatoms. The molecule has 0 bridgehead atoms. The molecule has 1 aromatic carbocycles. The highest BCUT2D eigenvalue weighted by Gasteiger charge is 2.47. The Morgan fingerprint density at radius 2 is 1.73 bits per heavy atom. The van der Waals surface area contributed by atoms with Crippen molar-refractivity contribution in [3.63, 3.8) is 0 Å². The van der Waals surface area contributed by atoms with Gasteiger partial charge in [0.05, 0.1) is 18.1 Å². The molecule has 5 nitrogen and oxygen atoms in total. The Morgan fingerprint density at radius 1 is 1.10 bits per heavy atom. The summed E-state index contributed by atoms with van der Waals surface area (Å²) in [6.07, 6.45) is 1.27. The number of Topliss-reactive ketones (excluding diaryl/α,β-unsaturated/α-hetero) is 1. The van der Waals surface area contributed by atoms with E-state index in [2.05, 4.69) is 56.9 Å². The van der Waals surface area contributed by atoms with Crippen LogP contribution in [0, 0.1) is 11.3 Å². The predicted molar refractivity (Wildman–Crippen MR) is 121 cm³/mol. The number of esters is 1. The van der Waals surface area contributed by atoms with Gasteiger partial charge >= 0.3 is 5.97 Å².